The fraction of sp³-hybridized carbons (Fsp3) is 0.409. The maximum absolute atomic E-state index is 13.4. The highest BCUT2D eigenvalue weighted by Crippen LogP contribution is 2.41. The van der Waals surface area contributed by atoms with Crippen LogP contribution in [0.4, 0.5) is 0 Å². The Morgan fingerprint density at radius 3 is 2.38 bits per heavy atom. The first kappa shape index (κ1) is 17.6. The van der Waals surface area contributed by atoms with Gasteiger partial charge in [-0.05, 0) is 68.1 Å². The van der Waals surface area contributed by atoms with Crippen LogP contribution in [0.2, 0.25) is 5.02 Å². The quantitative estimate of drug-likeness (QED) is 0.765. The van der Waals surface area contributed by atoms with Crippen LogP contribution >= 0.6 is 11.6 Å². The van der Waals surface area contributed by atoms with Crippen LogP contribution in [0.3, 0.4) is 0 Å². The zero-order valence-electron chi connectivity index (χ0n) is 15.1. The average molecular weight is 370 g/mol. The molecule has 4 rings (SSSR count). The third-order valence-electron chi connectivity index (χ3n) is 5.75. The van der Waals surface area contributed by atoms with Crippen molar-refractivity contribution >= 4 is 17.6 Å². The molecular weight excluding hydrogens is 346 g/mol. The maximum atomic E-state index is 13.4. The molecule has 0 spiro atoms. The lowest BCUT2D eigenvalue weighted by Gasteiger charge is -2.34. The van der Waals surface area contributed by atoms with Crippen molar-refractivity contribution in [1.29, 1.82) is 0 Å². The molecule has 26 heavy (non-hydrogen) atoms. The normalized spacial score (nSPS) is 22.0. The smallest absolute Gasteiger partial charge is 0.317 e. The van der Waals surface area contributed by atoms with Gasteiger partial charge in [0.1, 0.15) is 11.5 Å². The first-order valence-corrected chi connectivity index (χ1v) is 9.67. The monoisotopic (exact) mass is 369 g/mol. The van der Waals surface area contributed by atoms with Gasteiger partial charge in [0.05, 0.1) is 0 Å². The highest BCUT2D eigenvalue weighted by Gasteiger charge is 2.47. The molecule has 1 unspecified atom stereocenters. The summed E-state index contributed by atoms with van der Waals surface area (Å²) in [5, 5.41) is 0.682. The third kappa shape index (κ3) is 3.26. The summed E-state index contributed by atoms with van der Waals surface area (Å²) in [5.74, 6) is -0.101. The van der Waals surface area contributed by atoms with E-state index in [0.717, 1.165) is 31.5 Å². The molecule has 0 N–H and O–H groups in total. The predicted octanol–water partition coefficient (Wildman–Crippen LogP) is 4.01. The van der Waals surface area contributed by atoms with Crippen LogP contribution < -0.4 is 0 Å². The van der Waals surface area contributed by atoms with Crippen LogP contribution in [-0.4, -0.2) is 37.1 Å². The fourth-order valence-corrected chi connectivity index (χ4v) is 4.46. The number of carbonyl (C=O) groups is 1. The zero-order chi connectivity index (χ0) is 18.1. The second kappa shape index (κ2) is 7.05. The van der Waals surface area contributed by atoms with Crippen molar-refractivity contribution in [3.05, 3.63) is 70.2 Å². The Balaban J connectivity index is 1.65. The number of rotatable bonds is 3. The van der Waals surface area contributed by atoms with E-state index in [1.54, 1.807) is 0 Å². The number of nitrogens with zero attached hydrogens (tertiary/aromatic N) is 1. The van der Waals surface area contributed by atoms with Crippen LogP contribution in [0.1, 0.15) is 29.5 Å². The maximum Gasteiger partial charge on any atom is 0.317 e. The van der Waals surface area contributed by atoms with Crippen molar-refractivity contribution < 1.29 is 9.53 Å². The van der Waals surface area contributed by atoms with Crippen LogP contribution in [0.5, 0.6) is 0 Å². The number of piperidine rings is 1. The Morgan fingerprint density at radius 1 is 1.12 bits per heavy atom. The molecule has 3 nitrogen and oxygen atoms in total. The number of ether oxygens (including phenoxy) is 1. The summed E-state index contributed by atoms with van der Waals surface area (Å²) in [4.78, 5) is 15.7. The summed E-state index contributed by atoms with van der Waals surface area (Å²) in [6.07, 6.45) is 3.37. The first-order valence-electron chi connectivity index (χ1n) is 9.29. The largest absolute Gasteiger partial charge is 0.460 e. The number of carbonyl (C=O) groups excluding carboxylic acids is 1. The molecule has 2 aromatic rings. The topological polar surface area (TPSA) is 29.5 Å². The molecule has 2 aliphatic rings. The van der Waals surface area contributed by atoms with Gasteiger partial charge >= 0.3 is 5.97 Å². The minimum Gasteiger partial charge on any atom is -0.460 e. The number of hydrogen-bond acceptors (Lipinski definition) is 3. The summed E-state index contributed by atoms with van der Waals surface area (Å²) < 4.78 is 6.05. The Hall–Kier alpha value is -1.84. The molecule has 0 aromatic heterocycles. The van der Waals surface area contributed by atoms with E-state index in [1.165, 1.54) is 11.1 Å². The SMILES string of the molecule is CN1CCCC(OC(=O)C2(c3ccc(Cl)cc3)Cc3ccccc3C2)C1. The van der Waals surface area contributed by atoms with E-state index < -0.39 is 5.41 Å². The van der Waals surface area contributed by atoms with Crippen LogP contribution in [0.25, 0.3) is 0 Å². The Labute approximate surface area is 159 Å². The van der Waals surface area contributed by atoms with Crippen molar-refractivity contribution in [3.63, 3.8) is 0 Å². The van der Waals surface area contributed by atoms with Crippen LogP contribution in [-0.2, 0) is 27.8 Å². The Morgan fingerprint density at radius 2 is 1.77 bits per heavy atom. The van der Waals surface area contributed by atoms with Gasteiger partial charge < -0.3 is 9.64 Å². The van der Waals surface area contributed by atoms with Gasteiger partial charge in [-0.2, -0.15) is 0 Å². The van der Waals surface area contributed by atoms with Crippen molar-refractivity contribution in [1.82, 2.24) is 4.90 Å². The van der Waals surface area contributed by atoms with Crippen molar-refractivity contribution in [2.24, 2.45) is 0 Å². The van der Waals surface area contributed by atoms with Gasteiger partial charge in [-0.15, -0.1) is 0 Å². The van der Waals surface area contributed by atoms with Gasteiger partial charge in [0.25, 0.3) is 0 Å². The molecule has 0 saturated carbocycles. The van der Waals surface area contributed by atoms with Crippen molar-refractivity contribution in [3.8, 4) is 0 Å². The molecular formula is C22H24ClNO2. The van der Waals surface area contributed by atoms with Gasteiger partial charge in [0.15, 0.2) is 0 Å². The number of likely N-dealkylation sites (N-methyl/N-ethyl adjacent to an activating group) is 1. The van der Waals surface area contributed by atoms with Gasteiger partial charge in [-0.1, -0.05) is 48.0 Å². The summed E-state index contributed by atoms with van der Waals surface area (Å²) in [7, 11) is 2.08. The number of likely N-dealkylation sites (tertiary alicyclic amines) is 1. The Kier molecular flexibility index (Phi) is 4.76. The number of hydrogen-bond donors (Lipinski definition) is 0. The Bertz CT molecular complexity index is 777. The standard InChI is InChI=1S/C22H24ClNO2/c1-24-12-4-7-20(15-24)26-21(25)22(18-8-10-19(23)11-9-18)13-16-5-2-3-6-17(16)14-22/h2-3,5-6,8-11,20H,4,7,12-15H2,1H3. The van der Waals surface area contributed by atoms with E-state index in [1.807, 2.05) is 36.4 Å². The third-order valence-corrected chi connectivity index (χ3v) is 6.00. The number of esters is 1. The van der Waals surface area contributed by atoms with E-state index in [2.05, 4.69) is 24.1 Å². The minimum absolute atomic E-state index is 0.0193. The van der Waals surface area contributed by atoms with Crippen molar-refractivity contribution in [2.45, 2.75) is 37.2 Å². The molecule has 1 heterocycles. The molecule has 1 saturated heterocycles. The van der Waals surface area contributed by atoms with Crippen molar-refractivity contribution in [2.75, 3.05) is 20.1 Å². The van der Waals surface area contributed by atoms with E-state index in [-0.39, 0.29) is 12.1 Å². The average Bonchev–Trinajstić information content (AvgIpc) is 3.03. The highest BCUT2D eigenvalue weighted by molar-refractivity contribution is 6.30. The van der Waals surface area contributed by atoms with Gasteiger partial charge in [0.2, 0.25) is 0 Å². The lowest BCUT2D eigenvalue weighted by molar-refractivity contribution is -0.158. The summed E-state index contributed by atoms with van der Waals surface area (Å²) in [6.45, 7) is 1.89. The van der Waals surface area contributed by atoms with E-state index >= 15 is 0 Å². The lowest BCUT2D eigenvalue weighted by atomic mass is 9.77. The van der Waals surface area contributed by atoms with Gasteiger partial charge in [-0.25, -0.2) is 0 Å². The molecule has 0 bridgehead atoms. The van der Waals surface area contributed by atoms with Crippen LogP contribution in [0, 0.1) is 0 Å². The molecule has 136 valence electrons. The zero-order valence-corrected chi connectivity index (χ0v) is 15.8. The van der Waals surface area contributed by atoms with E-state index in [4.69, 9.17) is 16.3 Å². The molecule has 0 amide bonds. The second-order valence-electron chi connectivity index (χ2n) is 7.64. The highest BCUT2D eigenvalue weighted by atomic mass is 35.5. The minimum atomic E-state index is -0.649. The number of benzene rings is 2. The molecule has 1 aliphatic carbocycles. The van der Waals surface area contributed by atoms with Gasteiger partial charge in [0, 0.05) is 11.6 Å². The molecule has 1 fully saturated rings. The second-order valence-corrected chi connectivity index (χ2v) is 8.08. The first-order chi connectivity index (χ1) is 12.6. The molecule has 1 aliphatic heterocycles. The summed E-state index contributed by atoms with van der Waals surface area (Å²) in [6, 6.07) is 16.0. The van der Waals surface area contributed by atoms with E-state index in [9.17, 15) is 4.79 Å². The summed E-state index contributed by atoms with van der Waals surface area (Å²) >= 11 is 6.08. The molecule has 0 radical (unpaired) electrons. The lowest BCUT2D eigenvalue weighted by Crippen LogP contribution is -2.44. The molecule has 2 aromatic carbocycles. The van der Waals surface area contributed by atoms with E-state index in [0.29, 0.717) is 17.9 Å². The fourth-order valence-electron chi connectivity index (χ4n) is 4.33. The van der Waals surface area contributed by atoms with Gasteiger partial charge in [-0.3, -0.25) is 4.79 Å². The predicted molar refractivity (Wildman–Crippen MR) is 104 cm³/mol. The molecule has 1 atom stereocenters. The summed E-state index contributed by atoms with van der Waals surface area (Å²) in [5.41, 5.74) is 2.82. The number of fused-ring (bicyclic) bond motifs is 1. The number of halogens is 1. The van der Waals surface area contributed by atoms with Crippen LogP contribution in [0.15, 0.2) is 48.5 Å². The molecule has 4 heteroatoms.